The topological polar surface area (TPSA) is 38.7 Å². The van der Waals surface area contributed by atoms with Gasteiger partial charge >= 0.3 is 0 Å². The summed E-state index contributed by atoms with van der Waals surface area (Å²) in [5, 5.41) is 2.47. The van der Waals surface area contributed by atoms with E-state index in [1.165, 1.54) is 33.0 Å². The van der Waals surface area contributed by atoms with Crippen LogP contribution < -0.4 is 0 Å². The van der Waals surface area contributed by atoms with Crippen molar-refractivity contribution >= 4 is 22.4 Å². The highest BCUT2D eigenvalue weighted by molar-refractivity contribution is 5.97. The Morgan fingerprint density at radius 3 is 2.39 bits per heavy atom. The van der Waals surface area contributed by atoms with E-state index in [0.717, 1.165) is 39.5 Å². The molecular formula is C41H35N3. The molecule has 4 aromatic carbocycles. The monoisotopic (exact) mass is 569 g/mol. The van der Waals surface area contributed by atoms with Gasteiger partial charge in [0.05, 0.1) is 5.69 Å². The number of hydrogen-bond donors (Lipinski definition) is 0. The van der Waals surface area contributed by atoms with Crippen LogP contribution in [0.5, 0.6) is 0 Å². The molecule has 0 spiro atoms. The predicted molar refractivity (Wildman–Crippen MR) is 186 cm³/mol. The van der Waals surface area contributed by atoms with Crippen molar-refractivity contribution in [2.45, 2.75) is 27.2 Å². The first kappa shape index (κ1) is 28.7. The van der Waals surface area contributed by atoms with Crippen molar-refractivity contribution in [2.24, 2.45) is 0 Å². The molecule has 0 atom stereocenters. The highest BCUT2D eigenvalue weighted by atomic mass is 14.9. The third kappa shape index (κ3) is 6.33. The second-order valence-electron chi connectivity index (χ2n) is 10.9. The Balaban J connectivity index is 1.46. The fraction of sp³-hybridized carbons (Fsp3) is 0.0976. The fourth-order valence-corrected chi connectivity index (χ4v) is 5.59. The van der Waals surface area contributed by atoms with E-state index in [0.29, 0.717) is 6.42 Å². The van der Waals surface area contributed by atoms with Gasteiger partial charge in [0.1, 0.15) is 0 Å². The zero-order valence-corrected chi connectivity index (χ0v) is 25.4. The van der Waals surface area contributed by atoms with E-state index in [2.05, 4.69) is 139 Å². The van der Waals surface area contributed by atoms with Gasteiger partial charge in [-0.05, 0) is 89.2 Å². The Morgan fingerprint density at radius 1 is 0.727 bits per heavy atom. The molecule has 0 unspecified atom stereocenters. The standard InChI is InChI=1S/C41H35N3/c1-4-11-30-20-21-35(25-29(30)3)41-43-37(23-22-31(12-5-2)36-17-10-24-42-28-36)27-40(44-41)34-16-8-15-33(26-34)39-19-9-14-32-13-6-7-18-38(32)39/h4-22,24-28H,23H2,1-3H3/b11-4-,12-5-,31-22+. The number of aromatic nitrogens is 3. The lowest BCUT2D eigenvalue weighted by atomic mass is 9.96. The zero-order valence-electron chi connectivity index (χ0n) is 25.4. The number of benzene rings is 4. The molecule has 214 valence electrons. The van der Waals surface area contributed by atoms with Crippen LogP contribution in [0.2, 0.25) is 0 Å². The lowest BCUT2D eigenvalue weighted by Gasteiger charge is -2.12. The number of pyridine rings is 1. The Hall–Kier alpha value is -5.41. The molecule has 0 N–H and O–H groups in total. The smallest absolute Gasteiger partial charge is 0.160 e. The van der Waals surface area contributed by atoms with Crippen molar-refractivity contribution in [3.63, 3.8) is 0 Å². The van der Waals surface area contributed by atoms with Crippen LogP contribution in [0.4, 0.5) is 0 Å². The lowest BCUT2D eigenvalue weighted by Crippen LogP contribution is -1.99. The molecule has 3 nitrogen and oxygen atoms in total. The number of aryl methyl sites for hydroxylation is 1. The number of rotatable bonds is 8. The molecule has 0 aliphatic rings. The van der Waals surface area contributed by atoms with Crippen molar-refractivity contribution in [1.82, 2.24) is 15.0 Å². The quantitative estimate of drug-likeness (QED) is 0.171. The van der Waals surface area contributed by atoms with Crippen LogP contribution in [-0.4, -0.2) is 15.0 Å². The van der Waals surface area contributed by atoms with Crippen molar-refractivity contribution in [1.29, 1.82) is 0 Å². The normalized spacial score (nSPS) is 12.0. The third-order valence-corrected chi connectivity index (χ3v) is 7.78. The second kappa shape index (κ2) is 13.3. The predicted octanol–water partition coefficient (Wildman–Crippen LogP) is 10.6. The van der Waals surface area contributed by atoms with Crippen LogP contribution in [-0.2, 0) is 6.42 Å². The van der Waals surface area contributed by atoms with Gasteiger partial charge in [-0.2, -0.15) is 0 Å². The minimum atomic E-state index is 0.662. The van der Waals surface area contributed by atoms with Gasteiger partial charge in [-0.15, -0.1) is 0 Å². The van der Waals surface area contributed by atoms with Gasteiger partial charge in [-0.1, -0.05) is 109 Å². The van der Waals surface area contributed by atoms with Crippen molar-refractivity contribution in [2.75, 3.05) is 0 Å². The molecule has 2 heterocycles. The van der Waals surface area contributed by atoms with Gasteiger partial charge in [0.2, 0.25) is 0 Å². The number of allylic oxidation sites excluding steroid dienone is 5. The van der Waals surface area contributed by atoms with Crippen LogP contribution >= 0.6 is 0 Å². The van der Waals surface area contributed by atoms with Gasteiger partial charge < -0.3 is 0 Å². The Kier molecular flexibility index (Phi) is 8.65. The first-order valence-electron chi connectivity index (χ1n) is 15.1. The SMILES string of the molecule is C/C=C\C(=C/Cc1cc(-c2cccc(-c3cccc4ccccc34)c2)nc(-c2ccc(/C=C\C)c(C)c2)n1)c1cccnc1. The maximum absolute atomic E-state index is 5.14. The van der Waals surface area contributed by atoms with E-state index in [4.69, 9.17) is 9.97 Å². The summed E-state index contributed by atoms with van der Waals surface area (Å²) in [5.74, 6) is 0.727. The summed E-state index contributed by atoms with van der Waals surface area (Å²) in [6.45, 7) is 6.21. The van der Waals surface area contributed by atoms with E-state index in [1.807, 2.05) is 26.1 Å². The molecule has 0 radical (unpaired) electrons. The molecule has 6 aromatic rings. The summed E-state index contributed by atoms with van der Waals surface area (Å²) in [6, 6.07) is 36.3. The molecule has 0 bridgehead atoms. The number of hydrogen-bond acceptors (Lipinski definition) is 3. The Labute approximate surface area is 260 Å². The van der Waals surface area contributed by atoms with Crippen LogP contribution in [0.3, 0.4) is 0 Å². The van der Waals surface area contributed by atoms with Gasteiger partial charge in [0.25, 0.3) is 0 Å². The first-order chi connectivity index (χ1) is 21.6. The molecule has 0 saturated heterocycles. The third-order valence-electron chi connectivity index (χ3n) is 7.78. The summed E-state index contributed by atoms with van der Waals surface area (Å²) in [7, 11) is 0. The maximum atomic E-state index is 5.14. The summed E-state index contributed by atoms with van der Waals surface area (Å²) in [4.78, 5) is 14.5. The van der Waals surface area contributed by atoms with E-state index in [9.17, 15) is 0 Å². The van der Waals surface area contributed by atoms with E-state index >= 15 is 0 Å². The average molecular weight is 570 g/mol. The second-order valence-corrected chi connectivity index (χ2v) is 10.9. The van der Waals surface area contributed by atoms with Gasteiger partial charge in [0.15, 0.2) is 5.82 Å². The van der Waals surface area contributed by atoms with Crippen LogP contribution in [0, 0.1) is 6.92 Å². The van der Waals surface area contributed by atoms with E-state index in [-0.39, 0.29) is 0 Å². The van der Waals surface area contributed by atoms with Crippen LogP contribution in [0.1, 0.15) is 36.2 Å². The van der Waals surface area contributed by atoms with Gasteiger partial charge in [-0.3, -0.25) is 4.98 Å². The van der Waals surface area contributed by atoms with Crippen molar-refractivity contribution in [3.05, 3.63) is 162 Å². The number of nitrogens with zero attached hydrogens (tertiary/aromatic N) is 3. The minimum Gasteiger partial charge on any atom is -0.264 e. The van der Waals surface area contributed by atoms with Crippen molar-refractivity contribution in [3.8, 4) is 33.8 Å². The molecule has 44 heavy (non-hydrogen) atoms. The molecule has 0 amide bonds. The summed E-state index contributed by atoms with van der Waals surface area (Å²) in [6.07, 6.45) is 15.0. The van der Waals surface area contributed by atoms with Crippen molar-refractivity contribution < 1.29 is 0 Å². The minimum absolute atomic E-state index is 0.662. The largest absolute Gasteiger partial charge is 0.264 e. The Morgan fingerprint density at radius 2 is 1.57 bits per heavy atom. The summed E-state index contributed by atoms with van der Waals surface area (Å²) >= 11 is 0. The van der Waals surface area contributed by atoms with Crippen LogP contribution in [0.15, 0.2) is 140 Å². The highest BCUT2D eigenvalue weighted by Crippen LogP contribution is 2.32. The Bertz CT molecular complexity index is 2010. The summed E-state index contributed by atoms with van der Waals surface area (Å²) in [5.41, 5.74) is 10.9. The molecule has 0 saturated carbocycles. The first-order valence-corrected chi connectivity index (χ1v) is 15.1. The lowest BCUT2D eigenvalue weighted by molar-refractivity contribution is 1.06. The molecule has 0 fully saturated rings. The maximum Gasteiger partial charge on any atom is 0.160 e. The molecule has 6 rings (SSSR count). The molecule has 3 heteroatoms. The zero-order chi connectivity index (χ0) is 30.3. The molecular weight excluding hydrogens is 534 g/mol. The fourth-order valence-electron chi connectivity index (χ4n) is 5.59. The molecule has 2 aromatic heterocycles. The van der Waals surface area contributed by atoms with E-state index < -0.39 is 0 Å². The average Bonchev–Trinajstić information content (AvgIpc) is 3.07. The summed E-state index contributed by atoms with van der Waals surface area (Å²) < 4.78 is 0. The van der Waals surface area contributed by atoms with Gasteiger partial charge in [-0.25, -0.2) is 9.97 Å². The van der Waals surface area contributed by atoms with E-state index in [1.54, 1.807) is 6.20 Å². The van der Waals surface area contributed by atoms with Gasteiger partial charge in [0, 0.05) is 35.6 Å². The molecule has 0 aliphatic carbocycles. The molecule has 0 aliphatic heterocycles. The highest BCUT2D eigenvalue weighted by Gasteiger charge is 2.12. The van der Waals surface area contributed by atoms with Crippen LogP contribution in [0.25, 0.3) is 56.2 Å². The number of fused-ring (bicyclic) bond motifs is 1.